The molecule has 0 saturated carbocycles. The molecule has 0 aromatic heterocycles. The number of ether oxygens (including phenoxy) is 1. The number of hydrogen-bond acceptors (Lipinski definition) is 3. The minimum absolute atomic E-state index is 0. The minimum atomic E-state index is -0.00234. The number of carbonyl (C=O) groups excluding carboxylic acids is 1. The third kappa shape index (κ3) is 5.23. The molecule has 1 rings (SSSR count). The fraction of sp³-hybridized carbons (Fsp3) is 0.917. The standard InChI is InChI=1S/C12H24N2O2.ClH/c1-12(2,3)10(16-4)8-14-11(15)9-6-5-7-13-9;/h9-10,13H,5-8H2,1-4H3,(H,14,15);1H. The van der Waals surface area contributed by atoms with Crippen LogP contribution in [0, 0.1) is 5.41 Å². The molecule has 4 nitrogen and oxygen atoms in total. The lowest BCUT2D eigenvalue weighted by Crippen LogP contribution is -2.46. The summed E-state index contributed by atoms with van der Waals surface area (Å²) in [6, 6.07) is -0.00234. The van der Waals surface area contributed by atoms with E-state index < -0.39 is 0 Å². The van der Waals surface area contributed by atoms with Gasteiger partial charge in [0.05, 0.1) is 12.1 Å². The molecule has 1 heterocycles. The maximum absolute atomic E-state index is 11.8. The van der Waals surface area contributed by atoms with E-state index in [-0.39, 0.29) is 35.9 Å². The third-order valence-corrected chi connectivity index (χ3v) is 3.09. The van der Waals surface area contributed by atoms with Gasteiger partial charge in [0, 0.05) is 13.7 Å². The lowest BCUT2D eigenvalue weighted by molar-refractivity contribution is -0.123. The van der Waals surface area contributed by atoms with E-state index in [0.29, 0.717) is 6.54 Å². The molecule has 0 bridgehead atoms. The number of hydrogen-bond donors (Lipinski definition) is 2. The van der Waals surface area contributed by atoms with Crippen LogP contribution in [-0.4, -0.2) is 38.3 Å². The summed E-state index contributed by atoms with van der Waals surface area (Å²) in [4.78, 5) is 11.8. The maximum Gasteiger partial charge on any atom is 0.237 e. The third-order valence-electron chi connectivity index (χ3n) is 3.09. The van der Waals surface area contributed by atoms with Crippen molar-refractivity contribution < 1.29 is 9.53 Å². The smallest absolute Gasteiger partial charge is 0.237 e. The van der Waals surface area contributed by atoms with Gasteiger partial charge >= 0.3 is 0 Å². The van der Waals surface area contributed by atoms with Crippen molar-refractivity contribution in [2.45, 2.75) is 45.8 Å². The molecule has 102 valence electrons. The first-order valence-corrected chi connectivity index (χ1v) is 5.99. The van der Waals surface area contributed by atoms with E-state index in [1.807, 2.05) is 0 Å². The predicted molar refractivity (Wildman–Crippen MR) is 71.5 cm³/mol. The summed E-state index contributed by atoms with van der Waals surface area (Å²) < 4.78 is 5.39. The zero-order valence-electron chi connectivity index (χ0n) is 11.2. The van der Waals surface area contributed by atoms with Crippen molar-refractivity contribution in [2.24, 2.45) is 5.41 Å². The van der Waals surface area contributed by atoms with Crippen molar-refractivity contribution in [1.29, 1.82) is 0 Å². The molecule has 1 aliphatic heterocycles. The second kappa shape index (κ2) is 7.19. The first kappa shape index (κ1) is 16.7. The van der Waals surface area contributed by atoms with Crippen LogP contribution in [0.4, 0.5) is 0 Å². The molecular weight excluding hydrogens is 240 g/mol. The Kier molecular flexibility index (Phi) is 7.05. The molecule has 2 atom stereocenters. The summed E-state index contributed by atoms with van der Waals surface area (Å²) >= 11 is 0. The number of methoxy groups -OCH3 is 1. The van der Waals surface area contributed by atoms with Gasteiger partial charge < -0.3 is 15.4 Å². The van der Waals surface area contributed by atoms with E-state index in [4.69, 9.17) is 4.74 Å². The molecule has 2 N–H and O–H groups in total. The van der Waals surface area contributed by atoms with Crippen LogP contribution in [0.2, 0.25) is 0 Å². The van der Waals surface area contributed by atoms with E-state index in [2.05, 4.69) is 31.4 Å². The first-order chi connectivity index (χ1) is 7.45. The Morgan fingerprint density at radius 1 is 1.53 bits per heavy atom. The lowest BCUT2D eigenvalue weighted by Gasteiger charge is -2.29. The monoisotopic (exact) mass is 264 g/mol. The van der Waals surface area contributed by atoms with Crippen LogP contribution >= 0.6 is 12.4 Å². The topological polar surface area (TPSA) is 50.4 Å². The van der Waals surface area contributed by atoms with Gasteiger partial charge in [-0.3, -0.25) is 4.79 Å². The van der Waals surface area contributed by atoms with Gasteiger partial charge in [-0.1, -0.05) is 20.8 Å². The largest absolute Gasteiger partial charge is 0.379 e. The summed E-state index contributed by atoms with van der Waals surface area (Å²) in [6.07, 6.45) is 2.09. The Bertz CT molecular complexity index is 235. The number of rotatable bonds is 4. The van der Waals surface area contributed by atoms with Crippen LogP contribution in [0.3, 0.4) is 0 Å². The van der Waals surface area contributed by atoms with Gasteiger partial charge in [0.25, 0.3) is 0 Å². The van der Waals surface area contributed by atoms with Gasteiger partial charge in [0.15, 0.2) is 0 Å². The van der Waals surface area contributed by atoms with Crippen molar-refractivity contribution >= 4 is 18.3 Å². The van der Waals surface area contributed by atoms with E-state index in [0.717, 1.165) is 19.4 Å². The van der Waals surface area contributed by atoms with Crippen LogP contribution in [0.25, 0.3) is 0 Å². The average molecular weight is 265 g/mol. The predicted octanol–water partition coefficient (Wildman–Crippen LogP) is 1.34. The number of amides is 1. The van der Waals surface area contributed by atoms with E-state index in [1.165, 1.54) is 0 Å². The molecule has 2 unspecified atom stereocenters. The van der Waals surface area contributed by atoms with E-state index >= 15 is 0 Å². The Morgan fingerprint density at radius 3 is 2.59 bits per heavy atom. The summed E-state index contributed by atoms with van der Waals surface area (Å²) in [7, 11) is 1.69. The molecule has 5 heteroatoms. The van der Waals surface area contributed by atoms with Crippen molar-refractivity contribution in [2.75, 3.05) is 20.2 Å². The normalized spacial score (nSPS) is 21.8. The van der Waals surface area contributed by atoms with Gasteiger partial charge in [0.1, 0.15) is 0 Å². The van der Waals surface area contributed by atoms with Gasteiger partial charge in [-0.15, -0.1) is 12.4 Å². The molecule has 0 aliphatic carbocycles. The van der Waals surface area contributed by atoms with Gasteiger partial charge in [0.2, 0.25) is 5.91 Å². The molecule has 1 saturated heterocycles. The molecule has 0 radical (unpaired) electrons. The average Bonchev–Trinajstić information content (AvgIpc) is 2.68. The van der Waals surface area contributed by atoms with Crippen molar-refractivity contribution in [3.8, 4) is 0 Å². The zero-order chi connectivity index (χ0) is 12.2. The second-order valence-corrected chi connectivity index (χ2v) is 5.48. The van der Waals surface area contributed by atoms with Gasteiger partial charge in [-0.05, 0) is 24.8 Å². The highest BCUT2D eigenvalue weighted by Crippen LogP contribution is 2.21. The van der Waals surface area contributed by atoms with Crippen LogP contribution in [0.5, 0.6) is 0 Å². The second-order valence-electron chi connectivity index (χ2n) is 5.48. The van der Waals surface area contributed by atoms with Crippen molar-refractivity contribution in [1.82, 2.24) is 10.6 Å². The lowest BCUT2D eigenvalue weighted by atomic mass is 9.89. The van der Waals surface area contributed by atoms with Crippen molar-refractivity contribution in [3.63, 3.8) is 0 Å². The Balaban J connectivity index is 0.00000256. The Morgan fingerprint density at radius 2 is 2.18 bits per heavy atom. The van der Waals surface area contributed by atoms with E-state index in [1.54, 1.807) is 7.11 Å². The highest BCUT2D eigenvalue weighted by atomic mass is 35.5. The molecular formula is C12H25ClN2O2. The molecule has 0 spiro atoms. The Hall–Kier alpha value is -0.320. The highest BCUT2D eigenvalue weighted by Gasteiger charge is 2.27. The van der Waals surface area contributed by atoms with Crippen LogP contribution in [-0.2, 0) is 9.53 Å². The summed E-state index contributed by atoms with van der Waals surface area (Å²) in [5.74, 6) is 0.101. The van der Waals surface area contributed by atoms with Gasteiger partial charge in [-0.25, -0.2) is 0 Å². The summed E-state index contributed by atoms with van der Waals surface area (Å²) in [5, 5.41) is 6.14. The van der Waals surface area contributed by atoms with Crippen molar-refractivity contribution in [3.05, 3.63) is 0 Å². The molecule has 0 aromatic rings. The number of nitrogens with one attached hydrogen (secondary N) is 2. The first-order valence-electron chi connectivity index (χ1n) is 5.99. The highest BCUT2D eigenvalue weighted by molar-refractivity contribution is 5.85. The molecule has 1 amide bonds. The fourth-order valence-electron chi connectivity index (χ4n) is 1.97. The zero-order valence-corrected chi connectivity index (χ0v) is 12.0. The summed E-state index contributed by atoms with van der Waals surface area (Å²) in [6.45, 7) is 7.87. The molecule has 1 fully saturated rings. The van der Waals surface area contributed by atoms with Crippen LogP contribution in [0.15, 0.2) is 0 Å². The van der Waals surface area contributed by atoms with Gasteiger partial charge in [-0.2, -0.15) is 0 Å². The molecule has 1 aliphatic rings. The Labute approximate surface area is 110 Å². The number of halogens is 1. The number of carbonyl (C=O) groups is 1. The fourth-order valence-corrected chi connectivity index (χ4v) is 1.97. The summed E-state index contributed by atoms with van der Waals surface area (Å²) in [5.41, 5.74) is 0.0468. The minimum Gasteiger partial charge on any atom is -0.379 e. The SMILES string of the molecule is COC(CNC(=O)C1CCCN1)C(C)(C)C.Cl. The van der Waals surface area contributed by atoms with E-state index in [9.17, 15) is 4.79 Å². The van der Waals surface area contributed by atoms with Crippen LogP contribution in [0.1, 0.15) is 33.6 Å². The molecule has 17 heavy (non-hydrogen) atoms. The van der Waals surface area contributed by atoms with Crippen LogP contribution < -0.4 is 10.6 Å². The quantitative estimate of drug-likeness (QED) is 0.806. The molecule has 0 aromatic carbocycles. The maximum atomic E-state index is 11.8.